The van der Waals surface area contributed by atoms with Crippen molar-refractivity contribution in [1.29, 1.82) is 0 Å². The minimum Gasteiger partial charge on any atom is -0.448 e. The van der Waals surface area contributed by atoms with E-state index in [9.17, 15) is 14.4 Å². The number of ether oxygens (including phenoxy) is 1. The van der Waals surface area contributed by atoms with E-state index in [1.165, 1.54) is 0 Å². The van der Waals surface area contributed by atoms with Crippen molar-refractivity contribution in [2.24, 2.45) is 16.6 Å². The van der Waals surface area contributed by atoms with Gasteiger partial charge >= 0.3 is 5.97 Å². The number of anilines is 1. The van der Waals surface area contributed by atoms with Crippen molar-refractivity contribution in [1.82, 2.24) is 0 Å². The summed E-state index contributed by atoms with van der Waals surface area (Å²) < 4.78 is 5.56. The molecule has 128 valence electrons. The van der Waals surface area contributed by atoms with Crippen LogP contribution in [0.3, 0.4) is 0 Å². The van der Waals surface area contributed by atoms with Gasteiger partial charge in [0, 0.05) is 16.7 Å². The van der Waals surface area contributed by atoms with Crippen LogP contribution in [0.4, 0.5) is 5.69 Å². The van der Waals surface area contributed by atoms with Crippen LogP contribution in [0.15, 0.2) is 24.3 Å². The van der Waals surface area contributed by atoms with E-state index in [0.29, 0.717) is 24.1 Å². The molecule has 24 heavy (non-hydrogen) atoms. The molecule has 0 radical (unpaired) electrons. The van der Waals surface area contributed by atoms with Gasteiger partial charge in [0.2, 0.25) is 0 Å². The first-order valence-corrected chi connectivity index (χ1v) is 8.06. The fourth-order valence-corrected chi connectivity index (χ4v) is 3.84. The fraction of sp³-hybridized carbons (Fsp3) is 0.500. The van der Waals surface area contributed by atoms with Crippen molar-refractivity contribution < 1.29 is 19.1 Å². The molecule has 2 atom stereocenters. The molecule has 2 unspecified atom stereocenters. The molecular formula is C18H22N2O4. The highest BCUT2D eigenvalue weighted by Crippen LogP contribution is 2.65. The van der Waals surface area contributed by atoms with E-state index in [1.807, 2.05) is 20.8 Å². The van der Waals surface area contributed by atoms with E-state index < -0.39 is 16.4 Å². The number of Topliss-reactive ketones (excluding diaryl/α,β-unsaturated/α-hetero) is 1. The smallest absolute Gasteiger partial charge is 0.313 e. The minimum atomic E-state index is -1.15. The molecule has 3 rings (SSSR count). The van der Waals surface area contributed by atoms with Crippen LogP contribution in [0.25, 0.3) is 0 Å². The molecular weight excluding hydrogens is 308 g/mol. The van der Waals surface area contributed by atoms with E-state index >= 15 is 0 Å². The van der Waals surface area contributed by atoms with Crippen LogP contribution in [-0.2, 0) is 14.3 Å². The number of hydrogen-bond acceptors (Lipinski definition) is 5. The van der Waals surface area contributed by atoms with Gasteiger partial charge in [-0.15, -0.1) is 0 Å². The normalized spacial score (nSPS) is 30.1. The van der Waals surface area contributed by atoms with Gasteiger partial charge in [0.15, 0.2) is 11.4 Å². The van der Waals surface area contributed by atoms with Crippen LogP contribution in [0.2, 0.25) is 0 Å². The number of rotatable bonds is 4. The lowest BCUT2D eigenvalue weighted by molar-refractivity contribution is -0.165. The molecule has 1 saturated carbocycles. The zero-order valence-corrected chi connectivity index (χ0v) is 14.1. The molecule has 1 amide bonds. The predicted octanol–water partition coefficient (Wildman–Crippen LogP) is 1.89. The Morgan fingerprint density at radius 1 is 1.17 bits per heavy atom. The second-order valence-corrected chi connectivity index (χ2v) is 7.33. The summed E-state index contributed by atoms with van der Waals surface area (Å²) >= 11 is 0. The number of esters is 1. The molecule has 0 aromatic heterocycles. The summed E-state index contributed by atoms with van der Waals surface area (Å²) in [6.45, 7) is 5.63. The summed E-state index contributed by atoms with van der Waals surface area (Å²) in [5.74, 6) is -0.790. The number of carbonyl (C=O) groups excluding carboxylic acids is 3. The van der Waals surface area contributed by atoms with Gasteiger partial charge in [-0.05, 0) is 44.0 Å². The highest BCUT2D eigenvalue weighted by molar-refractivity contribution is 6.04. The molecule has 2 fully saturated rings. The SMILES string of the molecule is CC12CCC(C(=O)Nc3ccc(C(=O)CN)cc3)(OC1=O)C2(C)C. The molecule has 1 aliphatic heterocycles. The lowest BCUT2D eigenvalue weighted by atomic mass is 9.66. The van der Waals surface area contributed by atoms with Crippen LogP contribution in [0, 0.1) is 10.8 Å². The molecule has 1 saturated heterocycles. The first kappa shape index (κ1) is 16.6. The monoisotopic (exact) mass is 330 g/mol. The van der Waals surface area contributed by atoms with Crippen molar-refractivity contribution >= 4 is 23.3 Å². The van der Waals surface area contributed by atoms with Crippen LogP contribution >= 0.6 is 0 Å². The first-order chi connectivity index (χ1) is 11.2. The van der Waals surface area contributed by atoms with Crippen LogP contribution in [-0.4, -0.2) is 29.8 Å². The minimum absolute atomic E-state index is 0.0580. The summed E-state index contributed by atoms with van der Waals surface area (Å²) in [6, 6.07) is 6.53. The maximum absolute atomic E-state index is 12.9. The Morgan fingerprint density at radius 2 is 1.79 bits per heavy atom. The Balaban J connectivity index is 1.83. The highest BCUT2D eigenvalue weighted by Gasteiger charge is 2.75. The van der Waals surface area contributed by atoms with Gasteiger partial charge in [-0.2, -0.15) is 0 Å². The van der Waals surface area contributed by atoms with Crippen LogP contribution < -0.4 is 11.1 Å². The fourth-order valence-electron chi connectivity index (χ4n) is 3.84. The first-order valence-electron chi connectivity index (χ1n) is 8.06. The summed E-state index contributed by atoms with van der Waals surface area (Å²) in [6.07, 6.45) is 1.15. The number of nitrogens with two attached hydrogens (primary N) is 1. The zero-order chi connectivity index (χ0) is 17.8. The number of ketones is 1. The highest BCUT2D eigenvalue weighted by atomic mass is 16.6. The molecule has 2 bridgehead atoms. The largest absolute Gasteiger partial charge is 0.448 e. The molecule has 1 heterocycles. The molecule has 1 aromatic carbocycles. The molecule has 1 aliphatic carbocycles. The van der Waals surface area contributed by atoms with Gasteiger partial charge in [-0.3, -0.25) is 14.4 Å². The van der Waals surface area contributed by atoms with E-state index in [4.69, 9.17) is 10.5 Å². The summed E-state index contributed by atoms with van der Waals surface area (Å²) in [5, 5.41) is 2.82. The summed E-state index contributed by atoms with van der Waals surface area (Å²) in [5.41, 5.74) is 4.01. The Bertz CT molecular complexity index is 725. The van der Waals surface area contributed by atoms with Gasteiger partial charge in [0.05, 0.1) is 12.0 Å². The summed E-state index contributed by atoms with van der Waals surface area (Å²) in [4.78, 5) is 36.7. The number of fused-ring (bicyclic) bond motifs is 2. The molecule has 0 spiro atoms. The number of benzene rings is 1. The van der Waals surface area contributed by atoms with E-state index in [1.54, 1.807) is 24.3 Å². The predicted molar refractivity (Wildman–Crippen MR) is 88.4 cm³/mol. The van der Waals surface area contributed by atoms with Gasteiger partial charge in [-0.25, -0.2) is 0 Å². The third kappa shape index (κ3) is 1.95. The number of hydrogen-bond donors (Lipinski definition) is 2. The van der Waals surface area contributed by atoms with Gasteiger partial charge < -0.3 is 15.8 Å². The number of nitrogens with one attached hydrogen (secondary N) is 1. The second-order valence-electron chi connectivity index (χ2n) is 7.33. The average molecular weight is 330 g/mol. The molecule has 6 heteroatoms. The van der Waals surface area contributed by atoms with Crippen molar-refractivity contribution in [2.45, 2.75) is 39.2 Å². The molecule has 3 N–H and O–H groups in total. The Labute approximate surface area is 140 Å². The Hall–Kier alpha value is -2.21. The van der Waals surface area contributed by atoms with Crippen molar-refractivity contribution in [3.8, 4) is 0 Å². The Kier molecular flexibility index (Phi) is 3.57. The van der Waals surface area contributed by atoms with Gasteiger partial charge in [-0.1, -0.05) is 13.8 Å². The Morgan fingerprint density at radius 3 is 2.25 bits per heavy atom. The maximum Gasteiger partial charge on any atom is 0.313 e. The number of carbonyl (C=O) groups is 3. The van der Waals surface area contributed by atoms with Crippen molar-refractivity contribution in [2.75, 3.05) is 11.9 Å². The number of amides is 1. The molecule has 6 nitrogen and oxygen atoms in total. The van der Waals surface area contributed by atoms with E-state index in [0.717, 1.165) is 0 Å². The third-order valence-corrected chi connectivity index (χ3v) is 6.10. The third-order valence-electron chi connectivity index (χ3n) is 6.10. The standard InChI is InChI=1S/C18H22N2O4/c1-16(2)17(3)8-9-18(16,24-15(17)23)14(22)20-12-6-4-11(5-7-12)13(21)10-19/h4-7H,8-10,19H2,1-3H3,(H,20,22). The maximum atomic E-state index is 12.9. The zero-order valence-electron chi connectivity index (χ0n) is 14.1. The molecule has 2 aliphatic rings. The summed E-state index contributed by atoms with van der Waals surface area (Å²) in [7, 11) is 0. The van der Waals surface area contributed by atoms with Gasteiger partial charge in [0.25, 0.3) is 5.91 Å². The van der Waals surface area contributed by atoms with Crippen molar-refractivity contribution in [3.05, 3.63) is 29.8 Å². The van der Waals surface area contributed by atoms with Crippen LogP contribution in [0.1, 0.15) is 44.0 Å². The van der Waals surface area contributed by atoms with Crippen LogP contribution in [0.5, 0.6) is 0 Å². The quantitative estimate of drug-likeness (QED) is 0.649. The van der Waals surface area contributed by atoms with Crippen molar-refractivity contribution in [3.63, 3.8) is 0 Å². The lowest BCUT2D eigenvalue weighted by Crippen LogP contribution is -2.50. The second kappa shape index (κ2) is 5.14. The topological polar surface area (TPSA) is 98.5 Å². The van der Waals surface area contributed by atoms with Gasteiger partial charge in [0.1, 0.15) is 0 Å². The van der Waals surface area contributed by atoms with E-state index in [-0.39, 0.29) is 24.2 Å². The average Bonchev–Trinajstić information content (AvgIpc) is 2.85. The lowest BCUT2D eigenvalue weighted by Gasteiger charge is -2.35. The van der Waals surface area contributed by atoms with E-state index in [2.05, 4.69) is 5.32 Å². The molecule has 1 aromatic rings.